The fourth-order valence-corrected chi connectivity index (χ4v) is 4.73. The number of allylic oxidation sites excluding steroid dienone is 12. The molecule has 1 aliphatic carbocycles. The minimum Gasteiger partial charge on any atom is -0.497 e. The molecule has 0 aromatic carbocycles. The van der Waals surface area contributed by atoms with Crippen LogP contribution in [0.25, 0.3) is 0 Å². The Kier molecular flexibility index (Phi) is 11.0. The van der Waals surface area contributed by atoms with E-state index in [4.69, 9.17) is 10.1 Å². The smallest absolute Gasteiger partial charge is 0.225 e. The molecule has 2 aliphatic rings. The van der Waals surface area contributed by atoms with E-state index in [1.165, 1.54) is 12.2 Å². The highest BCUT2D eigenvalue weighted by Crippen LogP contribution is 2.58. The van der Waals surface area contributed by atoms with Crippen molar-refractivity contribution in [1.82, 2.24) is 5.32 Å². The van der Waals surface area contributed by atoms with Gasteiger partial charge in [0.05, 0.1) is 12.4 Å². The third-order valence-corrected chi connectivity index (χ3v) is 6.83. The molecule has 1 heterocycles. The maximum Gasteiger partial charge on any atom is 0.225 e. The predicted molar refractivity (Wildman–Crippen MR) is 144 cm³/mol. The molecule has 1 atom stereocenters. The SMILES string of the molecule is CCC/C=C/C(=C\C(F)=C(/C)C(C(C)=N)=C(C)C)NC(=O)CC1C(/C=C\C(F)=C\F)=C(C)OCC12CC2. The lowest BCUT2D eigenvalue weighted by molar-refractivity contribution is -0.121. The molecule has 2 N–H and O–H groups in total. The van der Waals surface area contributed by atoms with E-state index in [0.717, 1.165) is 37.3 Å². The van der Waals surface area contributed by atoms with E-state index < -0.39 is 11.7 Å². The molecule has 0 radical (unpaired) electrons. The number of ether oxygens (including phenoxy) is 1. The molecule has 1 aliphatic heterocycles. The molecule has 4 nitrogen and oxygen atoms in total. The Morgan fingerprint density at radius 2 is 1.86 bits per heavy atom. The summed E-state index contributed by atoms with van der Waals surface area (Å²) in [7, 11) is 0. The molecule has 7 heteroatoms. The van der Waals surface area contributed by atoms with Gasteiger partial charge in [0.15, 0.2) is 5.83 Å². The summed E-state index contributed by atoms with van der Waals surface area (Å²) in [5.41, 5.74) is 2.74. The van der Waals surface area contributed by atoms with Gasteiger partial charge >= 0.3 is 0 Å². The number of carbonyl (C=O) groups excluding carboxylic acids is 1. The van der Waals surface area contributed by atoms with Gasteiger partial charge < -0.3 is 15.5 Å². The van der Waals surface area contributed by atoms with Crippen molar-refractivity contribution in [3.8, 4) is 0 Å². The van der Waals surface area contributed by atoms with Crippen molar-refractivity contribution < 1.29 is 22.7 Å². The molecule has 1 unspecified atom stereocenters. The van der Waals surface area contributed by atoms with Crippen LogP contribution in [0.3, 0.4) is 0 Å². The number of rotatable bonds is 11. The molecular weight excluding hydrogens is 477 g/mol. The third-order valence-electron chi connectivity index (χ3n) is 6.83. The third kappa shape index (κ3) is 8.20. The molecule has 1 saturated carbocycles. The fourth-order valence-electron chi connectivity index (χ4n) is 4.73. The first-order chi connectivity index (χ1) is 17.5. The van der Waals surface area contributed by atoms with Gasteiger partial charge in [-0.1, -0.05) is 31.1 Å². The van der Waals surface area contributed by atoms with Crippen LogP contribution >= 0.6 is 0 Å². The van der Waals surface area contributed by atoms with E-state index in [2.05, 4.69) is 5.32 Å². The summed E-state index contributed by atoms with van der Waals surface area (Å²) in [4.78, 5) is 13.2. The normalized spacial score (nSPS) is 20.3. The highest BCUT2D eigenvalue weighted by Gasteiger charge is 2.53. The van der Waals surface area contributed by atoms with Crippen LogP contribution in [0.4, 0.5) is 13.2 Å². The average Bonchev–Trinajstić information content (AvgIpc) is 3.61. The molecular formula is C30H39F3N2O2. The van der Waals surface area contributed by atoms with Gasteiger partial charge in [-0.15, -0.1) is 0 Å². The standard InChI is InChI=1S/C30H39F3N2O2/c1-7-8-9-10-24(15-27(33)20(4)29(19(2)3)21(5)34)35-28(36)16-26-25(12-11-23(32)17-31)22(6)37-18-30(26)13-14-30/h9-12,15,17,26,34H,7-8,13-14,16,18H2,1-6H3,(H,35,36)/b10-9+,12-11-,23-17-,24-15+,27-20-,34-21?. The van der Waals surface area contributed by atoms with Crippen LogP contribution < -0.4 is 5.32 Å². The summed E-state index contributed by atoms with van der Waals surface area (Å²) in [6.45, 7) is 11.1. The molecule has 0 aromatic heterocycles. The largest absolute Gasteiger partial charge is 0.497 e. The van der Waals surface area contributed by atoms with Gasteiger partial charge in [-0.2, -0.15) is 0 Å². The number of amides is 1. The summed E-state index contributed by atoms with van der Waals surface area (Å²) in [5, 5.41) is 10.8. The Labute approximate surface area is 218 Å². The van der Waals surface area contributed by atoms with Crippen LogP contribution in [0.2, 0.25) is 0 Å². The minimum atomic E-state index is -1.02. The average molecular weight is 517 g/mol. The van der Waals surface area contributed by atoms with Gasteiger partial charge in [-0.3, -0.25) is 4.79 Å². The summed E-state index contributed by atoms with van der Waals surface area (Å²) < 4.78 is 47.0. The first kappa shape index (κ1) is 30.1. The molecule has 0 aromatic rings. The molecule has 37 heavy (non-hydrogen) atoms. The number of carbonyl (C=O) groups is 1. The zero-order valence-electron chi connectivity index (χ0n) is 22.7. The van der Waals surface area contributed by atoms with Crippen molar-refractivity contribution in [3.05, 3.63) is 82.1 Å². The van der Waals surface area contributed by atoms with Crippen LogP contribution in [0.1, 0.15) is 73.6 Å². The number of halogens is 3. The van der Waals surface area contributed by atoms with Crippen molar-refractivity contribution in [3.63, 3.8) is 0 Å². The van der Waals surface area contributed by atoms with Crippen LogP contribution in [-0.4, -0.2) is 18.2 Å². The lowest BCUT2D eigenvalue weighted by Gasteiger charge is -2.34. The highest BCUT2D eigenvalue weighted by molar-refractivity contribution is 6.00. The number of hydrogen-bond acceptors (Lipinski definition) is 3. The second-order valence-electron chi connectivity index (χ2n) is 10.1. The van der Waals surface area contributed by atoms with Crippen molar-refractivity contribution in [2.45, 2.75) is 73.6 Å². The molecule has 202 valence electrons. The van der Waals surface area contributed by atoms with E-state index in [1.54, 1.807) is 26.8 Å². The monoisotopic (exact) mass is 516 g/mol. The van der Waals surface area contributed by atoms with Crippen LogP contribution in [0.5, 0.6) is 0 Å². The maximum atomic E-state index is 15.3. The first-order valence-corrected chi connectivity index (χ1v) is 12.7. The maximum absolute atomic E-state index is 15.3. The second-order valence-corrected chi connectivity index (χ2v) is 10.1. The van der Waals surface area contributed by atoms with Crippen LogP contribution in [0.15, 0.2) is 82.1 Å². The Hall–Kier alpha value is -3.09. The zero-order valence-corrected chi connectivity index (χ0v) is 22.7. The first-order valence-electron chi connectivity index (χ1n) is 12.7. The molecule has 1 spiro atoms. The summed E-state index contributed by atoms with van der Waals surface area (Å²) in [6, 6.07) is 0. The Morgan fingerprint density at radius 3 is 2.41 bits per heavy atom. The number of hydrogen-bond donors (Lipinski definition) is 2. The predicted octanol–water partition coefficient (Wildman–Crippen LogP) is 8.39. The van der Waals surface area contributed by atoms with Crippen LogP contribution in [-0.2, 0) is 9.53 Å². The van der Waals surface area contributed by atoms with E-state index >= 15 is 4.39 Å². The Bertz CT molecular complexity index is 1110. The van der Waals surface area contributed by atoms with E-state index in [-0.39, 0.29) is 35.7 Å². The number of unbranched alkanes of at least 4 members (excludes halogenated alkanes) is 1. The molecule has 2 rings (SSSR count). The zero-order chi connectivity index (χ0) is 27.8. The highest BCUT2D eigenvalue weighted by atomic mass is 19.2. The quantitative estimate of drug-likeness (QED) is 0.214. The minimum absolute atomic E-state index is 0.101. The van der Waals surface area contributed by atoms with E-state index in [0.29, 0.717) is 34.8 Å². The molecule has 0 saturated heterocycles. The fraction of sp³-hybridized carbons (Fsp3) is 0.467. The topological polar surface area (TPSA) is 62.2 Å². The summed E-state index contributed by atoms with van der Waals surface area (Å²) >= 11 is 0. The van der Waals surface area contributed by atoms with Gasteiger partial charge in [0.1, 0.15) is 12.2 Å². The van der Waals surface area contributed by atoms with Gasteiger partial charge in [0.2, 0.25) is 5.91 Å². The Morgan fingerprint density at radius 1 is 1.19 bits per heavy atom. The van der Waals surface area contributed by atoms with E-state index in [1.807, 2.05) is 26.8 Å². The van der Waals surface area contributed by atoms with Crippen molar-refractivity contribution in [1.29, 1.82) is 5.41 Å². The van der Waals surface area contributed by atoms with Crippen molar-refractivity contribution >= 4 is 11.6 Å². The second kappa shape index (κ2) is 13.5. The van der Waals surface area contributed by atoms with Gasteiger partial charge in [0.25, 0.3) is 0 Å². The Balaban J connectivity index is 2.36. The molecule has 0 bridgehead atoms. The van der Waals surface area contributed by atoms with Gasteiger partial charge in [-0.25, -0.2) is 13.2 Å². The van der Waals surface area contributed by atoms with Gasteiger partial charge in [-0.05, 0) is 88.8 Å². The lowest BCUT2D eigenvalue weighted by Crippen LogP contribution is -2.34. The summed E-state index contributed by atoms with van der Waals surface area (Å²) in [5.74, 6) is -1.50. The van der Waals surface area contributed by atoms with Crippen molar-refractivity contribution in [2.75, 3.05) is 6.61 Å². The van der Waals surface area contributed by atoms with Gasteiger partial charge in [0, 0.05) is 29.2 Å². The number of nitrogens with one attached hydrogen (secondary N) is 2. The van der Waals surface area contributed by atoms with Crippen LogP contribution in [0, 0.1) is 16.7 Å². The lowest BCUT2D eigenvalue weighted by atomic mass is 9.78. The van der Waals surface area contributed by atoms with E-state index in [9.17, 15) is 13.6 Å². The summed E-state index contributed by atoms with van der Waals surface area (Å²) in [6.07, 6.45) is 10.8. The molecule has 1 fully saturated rings. The molecule has 1 amide bonds. The van der Waals surface area contributed by atoms with Crippen molar-refractivity contribution in [2.24, 2.45) is 11.3 Å².